The van der Waals surface area contributed by atoms with E-state index in [1.807, 2.05) is 6.07 Å². The highest BCUT2D eigenvalue weighted by Crippen LogP contribution is 2.21. The number of likely N-dealkylation sites (tertiary alicyclic amines) is 1. The normalized spacial score (nSPS) is 19.2. The van der Waals surface area contributed by atoms with Gasteiger partial charge < -0.3 is 10.6 Å². The summed E-state index contributed by atoms with van der Waals surface area (Å²) in [5.41, 5.74) is 6.76. The first-order valence-electron chi connectivity index (χ1n) is 6.70. The van der Waals surface area contributed by atoms with Gasteiger partial charge in [0.15, 0.2) is 0 Å². The van der Waals surface area contributed by atoms with Crippen molar-refractivity contribution >= 4 is 22.7 Å². The molecule has 1 atom stereocenters. The highest BCUT2D eigenvalue weighted by Gasteiger charge is 2.31. The van der Waals surface area contributed by atoms with Gasteiger partial charge in [0, 0.05) is 17.5 Å². The number of fused-ring (bicyclic) bond motifs is 1. The number of H-pyrrole nitrogens is 1. The van der Waals surface area contributed by atoms with Crippen molar-refractivity contribution in [1.82, 2.24) is 15.1 Å². The van der Waals surface area contributed by atoms with Gasteiger partial charge in [-0.1, -0.05) is 6.07 Å². The molecule has 1 aliphatic heterocycles. The van der Waals surface area contributed by atoms with Crippen molar-refractivity contribution in [2.45, 2.75) is 25.3 Å². The third-order valence-electron chi connectivity index (χ3n) is 3.78. The first-order valence-corrected chi connectivity index (χ1v) is 6.70. The summed E-state index contributed by atoms with van der Waals surface area (Å²) in [6.45, 7) is 0.577. The Morgan fingerprint density at radius 2 is 2.20 bits per heavy atom. The Hall–Kier alpha value is -2.37. The van der Waals surface area contributed by atoms with E-state index in [1.165, 1.54) is 0 Å². The Morgan fingerprint density at radius 1 is 1.35 bits per heavy atom. The third kappa shape index (κ3) is 2.13. The molecule has 2 amide bonds. The first-order chi connectivity index (χ1) is 9.66. The summed E-state index contributed by atoms with van der Waals surface area (Å²) < 4.78 is 0. The van der Waals surface area contributed by atoms with Crippen LogP contribution in [0.4, 0.5) is 0 Å². The molecule has 104 valence electrons. The molecular formula is C14H16N4O2. The zero-order valence-electron chi connectivity index (χ0n) is 11.0. The Balaban J connectivity index is 1.91. The van der Waals surface area contributed by atoms with Gasteiger partial charge in [-0.2, -0.15) is 5.10 Å². The van der Waals surface area contributed by atoms with Crippen LogP contribution in [0.1, 0.15) is 29.6 Å². The van der Waals surface area contributed by atoms with E-state index in [0.717, 1.165) is 23.7 Å². The second-order valence-corrected chi connectivity index (χ2v) is 5.08. The standard InChI is InChI=1S/C14H16N4O2/c15-13(19)12-3-1-2-6-18(12)14(20)9-4-5-10-8-16-17-11(10)7-9/h4-5,7-8,12H,1-3,6H2,(H2,15,19)(H,16,17). The van der Waals surface area contributed by atoms with Gasteiger partial charge in [-0.15, -0.1) is 0 Å². The second-order valence-electron chi connectivity index (χ2n) is 5.08. The molecule has 0 saturated carbocycles. The molecule has 20 heavy (non-hydrogen) atoms. The fourth-order valence-corrected chi connectivity index (χ4v) is 2.71. The molecule has 1 saturated heterocycles. The predicted octanol–water partition coefficient (Wildman–Crippen LogP) is 1.04. The second kappa shape index (κ2) is 4.96. The Labute approximate surface area is 115 Å². The number of hydrogen-bond acceptors (Lipinski definition) is 3. The fourth-order valence-electron chi connectivity index (χ4n) is 2.71. The molecular weight excluding hydrogens is 256 g/mol. The number of nitrogens with two attached hydrogens (primary N) is 1. The lowest BCUT2D eigenvalue weighted by molar-refractivity contribution is -0.123. The first kappa shape index (κ1) is 12.7. The van der Waals surface area contributed by atoms with Crippen molar-refractivity contribution in [3.8, 4) is 0 Å². The van der Waals surface area contributed by atoms with Crippen molar-refractivity contribution < 1.29 is 9.59 Å². The molecule has 2 heterocycles. The maximum atomic E-state index is 12.6. The monoisotopic (exact) mass is 272 g/mol. The predicted molar refractivity (Wildman–Crippen MR) is 74.0 cm³/mol. The Kier molecular flexibility index (Phi) is 3.14. The van der Waals surface area contributed by atoms with Gasteiger partial charge >= 0.3 is 0 Å². The summed E-state index contributed by atoms with van der Waals surface area (Å²) in [7, 11) is 0. The van der Waals surface area contributed by atoms with E-state index in [0.29, 0.717) is 18.5 Å². The molecule has 1 aromatic carbocycles. The minimum atomic E-state index is -0.492. The average Bonchev–Trinajstić information content (AvgIpc) is 2.93. The quantitative estimate of drug-likeness (QED) is 0.855. The Morgan fingerprint density at radius 3 is 3.00 bits per heavy atom. The molecule has 3 N–H and O–H groups in total. The SMILES string of the molecule is NC(=O)C1CCCCN1C(=O)c1ccc2cn[nH]c2c1. The molecule has 0 bridgehead atoms. The molecule has 6 heteroatoms. The molecule has 2 aromatic rings. The van der Waals surface area contributed by atoms with E-state index in [4.69, 9.17) is 5.73 Å². The highest BCUT2D eigenvalue weighted by atomic mass is 16.2. The van der Waals surface area contributed by atoms with Crippen LogP contribution in [-0.2, 0) is 4.79 Å². The number of aromatic amines is 1. The number of rotatable bonds is 2. The van der Waals surface area contributed by atoms with Crippen molar-refractivity contribution in [2.24, 2.45) is 5.73 Å². The van der Waals surface area contributed by atoms with Crippen molar-refractivity contribution in [3.63, 3.8) is 0 Å². The average molecular weight is 272 g/mol. The largest absolute Gasteiger partial charge is 0.368 e. The Bertz CT molecular complexity index is 664. The van der Waals surface area contributed by atoms with Gasteiger partial charge in [0.25, 0.3) is 5.91 Å². The van der Waals surface area contributed by atoms with Crippen LogP contribution >= 0.6 is 0 Å². The molecule has 1 unspecified atom stereocenters. The lowest BCUT2D eigenvalue weighted by Gasteiger charge is -2.33. The van der Waals surface area contributed by atoms with E-state index in [-0.39, 0.29) is 5.91 Å². The number of benzene rings is 1. The number of hydrogen-bond donors (Lipinski definition) is 2. The maximum absolute atomic E-state index is 12.6. The van der Waals surface area contributed by atoms with E-state index >= 15 is 0 Å². The zero-order valence-corrected chi connectivity index (χ0v) is 11.0. The number of nitrogens with zero attached hydrogens (tertiary/aromatic N) is 2. The van der Waals surface area contributed by atoms with E-state index in [9.17, 15) is 9.59 Å². The number of carbonyl (C=O) groups excluding carboxylic acids is 2. The van der Waals surface area contributed by atoms with Gasteiger partial charge in [-0.25, -0.2) is 0 Å². The number of aromatic nitrogens is 2. The van der Waals surface area contributed by atoms with Crippen LogP contribution in [0.5, 0.6) is 0 Å². The van der Waals surface area contributed by atoms with Gasteiger partial charge in [0.05, 0.1) is 11.7 Å². The number of piperidine rings is 1. The molecule has 0 radical (unpaired) electrons. The van der Waals surface area contributed by atoms with Crippen LogP contribution in [0.2, 0.25) is 0 Å². The van der Waals surface area contributed by atoms with Gasteiger partial charge in [-0.3, -0.25) is 14.7 Å². The summed E-state index contributed by atoms with van der Waals surface area (Å²) in [4.78, 5) is 25.6. The molecule has 6 nitrogen and oxygen atoms in total. The number of carbonyl (C=O) groups is 2. The number of nitrogens with one attached hydrogen (secondary N) is 1. The van der Waals surface area contributed by atoms with Crippen LogP contribution in [-0.4, -0.2) is 39.5 Å². The minimum absolute atomic E-state index is 0.148. The molecule has 0 spiro atoms. The minimum Gasteiger partial charge on any atom is -0.368 e. The van der Waals surface area contributed by atoms with E-state index in [1.54, 1.807) is 23.2 Å². The summed E-state index contributed by atoms with van der Waals surface area (Å²) >= 11 is 0. The van der Waals surface area contributed by atoms with E-state index in [2.05, 4.69) is 10.2 Å². The van der Waals surface area contributed by atoms with Crippen molar-refractivity contribution in [3.05, 3.63) is 30.0 Å². The molecule has 1 fully saturated rings. The van der Waals surface area contributed by atoms with Crippen LogP contribution in [0.25, 0.3) is 10.9 Å². The van der Waals surface area contributed by atoms with Crippen LogP contribution in [0, 0.1) is 0 Å². The smallest absolute Gasteiger partial charge is 0.254 e. The number of amides is 2. The topological polar surface area (TPSA) is 92.1 Å². The zero-order chi connectivity index (χ0) is 14.1. The summed E-state index contributed by atoms with van der Waals surface area (Å²) in [6.07, 6.45) is 4.18. The molecule has 0 aliphatic carbocycles. The van der Waals surface area contributed by atoms with Crippen LogP contribution in [0.15, 0.2) is 24.4 Å². The summed E-state index contributed by atoms with van der Waals surface area (Å²) in [5.74, 6) is -0.578. The maximum Gasteiger partial charge on any atom is 0.254 e. The lowest BCUT2D eigenvalue weighted by Crippen LogP contribution is -2.50. The molecule has 3 rings (SSSR count). The highest BCUT2D eigenvalue weighted by molar-refractivity contribution is 6.00. The summed E-state index contributed by atoms with van der Waals surface area (Å²) in [5, 5.41) is 7.72. The third-order valence-corrected chi connectivity index (χ3v) is 3.78. The van der Waals surface area contributed by atoms with Crippen LogP contribution < -0.4 is 5.73 Å². The van der Waals surface area contributed by atoms with Gasteiger partial charge in [0.1, 0.15) is 6.04 Å². The summed E-state index contributed by atoms with van der Waals surface area (Å²) in [6, 6.07) is 4.87. The van der Waals surface area contributed by atoms with Crippen molar-refractivity contribution in [2.75, 3.05) is 6.54 Å². The van der Waals surface area contributed by atoms with Gasteiger partial charge in [0.2, 0.25) is 5.91 Å². The molecule has 1 aliphatic rings. The van der Waals surface area contributed by atoms with Crippen LogP contribution in [0.3, 0.4) is 0 Å². The van der Waals surface area contributed by atoms with Crippen molar-refractivity contribution in [1.29, 1.82) is 0 Å². The van der Waals surface area contributed by atoms with E-state index < -0.39 is 11.9 Å². The number of primary amides is 1. The van der Waals surface area contributed by atoms with Gasteiger partial charge in [-0.05, 0) is 31.4 Å². The fraction of sp³-hybridized carbons (Fsp3) is 0.357. The molecule has 1 aromatic heterocycles. The lowest BCUT2D eigenvalue weighted by atomic mass is 10.00.